The first kappa shape index (κ1) is 17.0. The van der Waals surface area contributed by atoms with E-state index in [0.29, 0.717) is 6.42 Å². The molecule has 2 rings (SSSR count). The summed E-state index contributed by atoms with van der Waals surface area (Å²) in [5.41, 5.74) is 3.03. The highest BCUT2D eigenvalue weighted by atomic mass is 32.2. The maximum atomic E-state index is 12.3. The van der Waals surface area contributed by atoms with Crippen molar-refractivity contribution in [2.75, 3.05) is 30.4 Å². The quantitative estimate of drug-likeness (QED) is 0.894. The Morgan fingerprint density at radius 2 is 2.14 bits per heavy atom. The van der Waals surface area contributed by atoms with E-state index in [2.05, 4.69) is 12.2 Å². The number of likely N-dealkylation sites (N-methyl/N-ethyl adjacent to an activating group) is 1. The molecule has 1 saturated heterocycles. The van der Waals surface area contributed by atoms with Crippen LogP contribution in [0.25, 0.3) is 0 Å². The van der Waals surface area contributed by atoms with Crippen LogP contribution in [-0.4, -0.2) is 50.4 Å². The van der Waals surface area contributed by atoms with Crippen molar-refractivity contribution >= 4 is 21.4 Å². The molecule has 0 radical (unpaired) electrons. The molecule has 0 aromatic heterocycles. The Morgan fingerprint density at radius 1 is 1.41 bits per heavy atom. The van der Waals surface area contributed by atoms with Crippen LogP contribution in [0.2, 0.25) is 0 Å². The van der Waals surface area contributed by atoms with E-state index in [4.69, 9.17) is 0 Å². The van der Waals surface area contributed by atoms with E-state index < -0.39 is 9.84 Å². The fourth-order valence-corrected chi connectivity index (χ4v) is 4.66. The molecule has 1 amide bonds. The molecule has 1 heterocycles. The Bertz CT molecular complexity index is 655. The molecule has 1 aromatic carbocycles. The van der Waals surface area contributed by atoms with Crippen LogP contribution in [0.5, 0.6) is 0 Å². The molecule has 1 unspecified atom stereocenters. The molecule has 1 aromatic rings. The second-order valence-electron chi connectivity index (χ2n) is 5.98. The topological polar surface area (TPSA) is 66.5 Å². The number of carbonyl (C=O) groups is 1. The average molecular weight is 324 g/mol. The van der Waals surface area contributed by atoms with Crippen LogP contribution < -0.4 is 5.32 Å². The number of aryl methyl sites for hydroxylation is 2. The van der Waals surface area contributed by atoms with E-state index in [9.17, 15) is 13.2 Å². The summed E-state index contributed by atoms with van der Waals surface area (Å²) in [6.07, 6.45) is 1.46. The van der Waals surface area contributed by atoms with Crippen LogP contribution in [0.4, 0.5) is 5.69 Å². The van der Waals surface area contributed by atoms with E-state index in [1.54, 1.807) is 0 Å². The smallest absolute Gasteiger partial charge is 0.238 e. The Kier molecular flexibility index (Phi) is 5.24. The van der Waals surface area contributed by atoms with Crippen molar-refractivity contribution in [3.8, 4) is 0 Å². The molecule has 1 N–H and O–H groups in total. The number of nitrogens with zero attached hydrogens (tertiary/aromatic N) is 1. The summed E-state index contributed by atoms with van der Waals surface area (Å²) < 4.78 is 23.0. The van der Waals surface area contributed by atoms with Gasteiger partial charge in [0.1, 0.15) is 0 Å². The van der Waals surface area contributed by atoms with E-state index in [-0.39, 0.29) is 30.0 Å². The van der Waals surface area contributed by atoms with Gasteiger partial charge in [0.25, 0.3) is 0 Å². The zero-order valence-electron chi connectivity index (χ0n) is 13.4. The fourth-order valence-electron chi connectivity index (χ4n) is 2.86. The first-order valence-corrected chi connectivity index (χ1v) is 9.43. The number of carbonyl (C=O) groups excluding carboxylic acids is 1. The van der Waals surface area contributed by atoms with Gasteiger partial charge < -0.3 is 5.32 Å². The molecule has 1 atom stereocenters. The molecule has 0 spiro atoms. The summed E-state index contributed by atoms with van der Waals surface area (Å²) in [7, 11) is -1.12. The second-order valence-corrected chi connectivity index (χ2v) is 8.21. The predicted molar refractivity (Wildman–Crippen MR) is 88.9 cm³/mol. The number of para-hydroxylation sites is 1. The number of nitrogens with one attached hydrogen (secondary N) is 1. The molecular formula is C16H24N2O3S. The van der Waals surface area contributed by atoms with Gasteiger partial charge in [-0.15, -0.1) is 0 Å². The largest absolute Gasteiger partial charge is 0.324 e. The van der Waals surface area contributed by atoms with Crippen molar-refractivity contribution in [2.45, 2.75) is 32.7 Å². The minimum atomic E-state index is -2.93. The molecule has 6 heteroatoms. The van der Waals surface area contributed by atoms with Crippen molar-refractivity contribution in [1.82, 2.24) is 4.90 Å². The van der Waals surface area contributed by atoms with Gasteiger partial charge in [0.2, 0.25) is 5.91 Å². The van der Waals surface area contributed by atoms with Gasteiger partial charge in [-0.25, -0.2) is 8.42 Å². The van der Waals surface area contributed by atoms with Gasteiger partial charge in [-0.2, -0.15) is 0 Å². The van der Waals surface area contributed by atoms with Crippen molar-refractivity contribution in [2.24, 2.45) is 0 Å². The molecule has 0 saturated carbocycles. The SMILES string of the molecule is CCc1cccc(C)c1NC(=O)CN(C)C1CCS(=O)(=O)C1. The first-order valence-electron chi connectivity index (χ1n) is 7.61. The van der Waals surface area contributed by atoms with Gasteiger partial charge in [-0.1, -0.05) is 25.1 Å². The van der Waals surface area contributed by atoms with Gasteiger partial charge in [0.05, 0.1) is 18.1 Å². The number of amides is 1. The maximum absolute atomic E-state index is 12.3. The van der Waals surface area contributed by atoms with Crippen molar-refractivity contribution in [3.05, 3.63) is 29.3 Å². The Labute approximate surface area is 132 Å². The summed E-state index contributed by atoms with van der Waals surface area (Å²) in [6.45, 7) is 4.24. The highest BCUT2D eigenvalue weighted by molar-refractivity contribution is 7.91. The molecule has 0 aliphatic carbocycles. The number of benzene rings is 1. The normalized spacial score (nSPS) is 20.3. The standard InChI is InChI=1S/C16H24N2O3S/c1-4-13-7-5-6-12(2)16(13)17-15(19)10-18(3)14-8-9-22(20,21)11-14/h5-7,14H,4,8-11H2,1-3H3,(H,17,19). The Morgan fingerprint density at radius 3 is 2.73 bits per heavy atom. The molecule has 1 aliphatic rings. The zero-order valence-corrected chi connectivity index (χ0v) is 14.2. The molecule has 5 nitrogen and oxygen atoms in total. The van der Waals surface area contributed by atoms with Crippen LogP contribution in [0.3, 0.4) is 0 Å². The van der Waals surface area contributed by atoms with Gasteiger partial charge in [0, 0.05) is 11.7 Å². The third kappa shape index (κ3) is 4.08. The first-order chi connectivity index (χ1) is 10.3. The van der Waals surface area contributed by atoms with E-state index in [0.717, 1.165) is 23.2 Å². The number of rotatable bonds is 5. The Balaban J connectivity index is 1.99. The van der Waals surface area contributed by atoms with E-state index >= 15 is 0 Å². The van der Waals surface area contributed by atoms with Crippen LogP contribution >= 0.6 is 0 Å². The van der Waals surface area contributed by atoms with Crippen LogP contribution in [-0.2, 0) is 21.1 Å². The fraction of sp³-hybridized carbons (Fsp3) is 0.562. The monoisotopic (exact) mass is 324 g/mol. The van der Waals surface area contributed by atoms with Gasteiger partial charge in [-0.05, 0) is 37.9 Å². The minimum absolute atomic E-state index is 0.0572. The van der Waals surface area contributed by atoms with Crippen molar-refractivity contribution in [1.29, 1.82) is 0 Å². The number of hydrogen-bond acceptors (Lipinski definition) is 4. The third-order valence-corrected chi connectivity index (χ3v) is 5.98. The summed E-state index contributed by atoms with van der Waals surface area (Å²) >= 11 is 0. The number of hydrogen-bond donors (Lipinski definition) is 1. The predicted octanol–water partition coefficient (Wildman–Crippen LogP) is 1.61. The highest BCUT2D eigenvalue weighted by Crippen LogP contribution is 2.21. The third-order valence-electron chi connectivity index (χ3n) is 4.23. The summed E-state index contributed by atoms with van der Waals surface area (Å²) in [5, 5.41) is 2.97. The van der Waals surface area contributed by atoms with E-state index in [1.807, 2.05) is 37.1 Å². The highest BCUT2D eigenvalue weighted by Gasteiger charge is 2.31. The van der Waals surface area contributed by atoms with Crippen LogP contribution in [0.1, 0.15) is 24.5 Å². The average Bonchev–Trinajstić information content (AvgIpc) is 2.81. The summed E-state index contributed by atoms with van der Waals surface area (Å²) in [6, 6.07) is 5.91. The van der Waals surface area contributed by atoms with Crippen LogP contribution in [0, 0.1) is 6.92 Å². The molecule has 22 heavy (non-hydrogen) atoms. The van der Waals surface area contributed by atoms with Gasteiger partial charge >= 0.3 is 0 Å². The van der Waals surface area contributed by atoms with Gasteiger partial charge in [-0.3, -0.25) is 9.69 Å². The lowest BCUT2D eigenvalue weighted by Gasteiger charge is -2.23. The van der Waals surface area contributed by atoms with E-state index in [1.165, 1.54) is 0 Å². The van der Waals surface area contributed by atoms with Crippen LogP contribution in [0.15, 0.2) is 18.2 Å². The molecule has 1 aliphatic heterocycles. The zero-order chi connectivity index (χ0) is 16.3. The van der Waals surface area contributed by atoms with Crippen molar-refractivity contribution in [3.63, 3.8) is 0 Å². The second kappa shape index (κ2) is 6.79. The summed E-state index contributed by atoms with van der Waals surface area (Å²) in [5.74, 6) is 0.277. The lowest BCUT2D eigenvalue weighted by molar-refractivity contribution is -0.117. The molecule has 1 fully saturated rings. The number of sulfone groups is 1. The van der Waals surface area contributed by atoms with Gasteiger partial charge in [0.15, 0.2) is 9.84 Å². The summed E-state index contributed by atoms with van der Waals surface area (Å²) in [4.78, 5) is 14.1. The maximum Gasteiger partial charge on any atom is 0.238 e. The molecule has 0 bridgehead atoms. The minimum Gasteiger partial charge on any atom is -0.324 e. The van der Waals surface area contributed by atoms with Crippen molar-refractivity contribution < 1.29 is 13.2 Å². The Hall–Kier alpha value is -1.40. The number of anilines is 1. The molecule has 122 valence electrons. The lowest BCUT2D eigenvalue weighted by atomic mass is 10.1. The lowest BCUT2D eigenvalue weighted by Crippen LogP contribution is -2.38. The molecular weight excluding hydrogens is 300 g/mol.